The van der Waals surface area contributed by atoms with E-state index in [2.05, 4.69) is 0 Å². The molecule has 4 amide bonds. The van der Waals surface area contributed by atoms with Gasteiger partial charge in [-0.3, -0.25) is 14.5 Å². The van der Waals surface area contributed by atoms with Crippen molar-refractivity contribution in [3.8, 4) is 0 Å². The predicted molar refractivity (Wildman–Crippen MR) is 129 cm³/mol. The molecule has 0 radical (unpaired) electrons. The minimum absolute atomic E-state index is 0.144. The third-order valence-corrected chi connectivity index (χ3v) is 6.38. The van der Waals surface area contributed by atoms with Crippen molar-refractivity contribution in [1.29, 1.82) is 0 Å². The lowest BCUT2D eigenvalue weighted by Crippen LogP contribution is -2.77. The maximum atomic E-state index is 14.3. The minimum atomic E-state index is -1.59. The highest BCUT2D eigenvalue weighted by molar-refractivity contribution is 6.40. The molecule has 0 atom stereocenters. The number of imide groups is 2. The summed E-state index contributed by atoms with van der Waals surface area (Å²) in [7, 11) is 0. The second-order valence-corrected chi connectivity index (χ2v) is 8.36. The van der Waals surface area contributed by atoms with Crippen LogP contribution in [0.15, 0.2) is 91.0 Å². The molecule has 2 heterocycles. The summed E-state index contributed by atoms with van der Waals surface area (Å²) in [6.07, 6.45) is 0.144. The zero-order valence-corrected chi connectivity index (χ0v) is 18.7. The van der Waals surface area contributed by atoms with E-state index in [1.807, 2.05) is 47.4 Å². The number of barbiturate groups is 1. The predicted octanol–water partition coefficient (Wildman–Crippen LogP) is 3.50. The van der Waals surface area contributed by atoms with Crippen LogP contribution >= 0.6 is 0 Å². The van der Waals surface area contributed by atoms with Gasteiger partial charge in [-0.05, 0) is 29.8 Å². The summed E-state index contributed by atoms with van der Waals surface area (Å²) >= 11 is 0. The largest absolute Gasteiger partial charge is 0.379 e. The van der Waals surface area contributed by atoms with Crippen LogP contribution < -0.4 is 9.80 Å². The van der Waals surface area contributed by atoms with Crippen LogP contribution in [0, 0.1) is 0 Å². The molecule has 0 N–H and O–H groups in total. The summed E-state index contributed by atoms with van der Waals surface area (Å²) in [5, 5.41) is 0. The van der Waals surface area contributed by atoms with Gasteiger partial charge in [-0.1, -0.05) is 66.7 Å². The van der Waals surface area contributed by atoms with Gasteiger partial charge in [0.2, 0.25) is 0 Å². The number of urea groups is 1. The van der Waals surface area contributed by atoms with Gasteiger partial charge < -0.3 is 4.74 Å². The molecule has 2 fully saturated rings. The monoisotopic (exact) mass is 455 g/mol. The zero-order chi connectivity index (χ0) is 23.5. The molecule has 7 nitrogen and oxygen atoms in total. The van der Waals surface area contributed by atoms with Gasteiger partial charge in [0.15, 0.2) is 5.54 Å². The Morgan fingerprint density at radius 3 is 1.56 bits per heavy atom. The second kappa shape index (κ2) is 9.21. The van der Waals surface area contributed by atoms with Gasteiger partial charge >= 0.3 is 6.03 Å². The SMILES string of the molecule is O=C1N(c2ccccc2)C(=O)C(Cc2ccccc2)(N2CCOCC2)C(=O)N1c1ccccc1. The van der Waals surface area contributed by atoms with E-state index in [4.69, 9.17) is 4.74 Å². The van der Waals surface area contributed by atoms with E-state index in [0.717, 1.165) is 15.4 Å². The van der Waals surface area contributed by atoms with Crippen molar-refractivity contribution in [2.45, 2.75) is 12.0 Å². The van der Waals surface area contributed by atoms with Crippen LogP contribution in [0.3, 0.4) is 0 Å². The third kappa shape index (κ3) is 3.69. The lowest BCUT2D eigenvalue weighted by atomic mass is 9.83. The lowest BCUT2D eigenvalue weighted by Gasteiger charge is -2.50. The molecule has 2 saturated heterocycles. The van der Waals surface area contributed by atoms with Gasteiger partial charge in [0.25, 0.3) is 11.8 Å². The number of rotatable bonds is 5. The van der Waals surface area contributed by atoms with E-state index in [1.165, 1.54) is 0 Å². The Balaban J connectivity index is 1.72. The van der Waals surface area contributed by atoms with Crippen molar-refractivity contribution in [3.63, 3.8) is 0 Å². The van der Waals surface area contributed by atoms with Crippen molar-refractivity contribution in [1.82, 2.24) is 4.90 Å². The topological polar surface area (TPSA) is 70.2 Å². The number of hydrogen-bond acceptors (Lipinski definition) is 5. The van der Waals surface area contributed by atoms with E-state index >= 15 is 0 Å². The summed E-state index contributed by atoms with van der Waals surface area (Å²) in [4.78, 5) is 46.6. The van der Waals surface area contributed by atoms with Gasteiger partial charge in [0, 0.05) is 19.5 Å². The normalized spacial score (nSPS) is 18.9. The molecular formula is C27H25N3O4. The summed E-state index contributed by atoms with van der Waals surface area (Å²) in [5.74, 6) is -1.07. The third-order valence-electron chi connectivity index (χ3n) is 6.38. The van der Waals surface area contributed by atoms with Gasteiger partial charge in [0.05, 0.1) is 24.6 Å². The molecule has 0 aromatic heterocycles. The molecule has 5 rings (SSSR count). The van der Waals surface area contributed by atoms with Crippen molar-refractivity contribution < 1.29 is 19.1 Å². The van der Waals surface area contributed by atoms with Crippen LogP contribution in [0.25, 0.3) is 0 Å². The smallest absolute Gasteiger partial charge is 0.342 e. The van der Waals surface area contributed by atoms with Crippen molar-refractivity contribution >= 4 is 29.2 Å². The first kappa shape index (κ1) is 22.0. The van der Waals surface area contributed by atoms with Crippen LogP contribution in [0.5, 0.6) is 0 Å². The van der Waals surface area contributed by atoms with E-state index in [0.29, 0.717) is 37.7 Å². The Morgan fingerprint density at radius 1 is 0.647 bits per heavy atom. The average molecular weight is 456 g/mol. The second-order valence-electron chi connectivity index (χ2n) is 8.36. The first-order chi connectivity index (χ1) is 16.6. The minimum Gasteiger partial charge on any atom is -0.379 e. The molecule has 2 aliphatic rings. The van der Waals surface area contributed by atoms with Crippen LogP contribution in [-0.4, -0.2) is 54.6 Å². The number of morpholine rings is 1. The van der Waals surface area contributed by atoms with Gasteiger partial charge in [-0.15, -0.1) is 0 Å². The molecule has 0 aliphatic carbocycles. The zero-order valence-electron chi connectivity index (χ0n) is 18.7. The van der Waals surface area contributed by atoms with Crippen LogP contribution in [0.1, 0.15) is 5.56 Å². The molecule has 0 bridgehead atoms. The van der Waals surface area contributed by atoms with E-state index in [-0.39, 0.29) is 6.42 Å². The molecule has 172 valence electrons. The van der Waals surface area contributed by atoms with Crippen molar-refractivity contribution in [2.75, 3.05) is 36.1 Å². The van der Waals surface area contributed by atoms with E-state index in [9.17, 15) is 14.4 Å². The Hall–Kier alpha value is -3.81. The maximum Gasteiger partial charge on any atom is 0.342 e. The number of carbonyl (C=O) groups is 3. The molecule has 3 aromatic rings. The Kier molecular flexibility index (Phi) is 5.96. The van der Waals surface area contributed by atoms with Gasteiger partial charge in [-0.25, -0.2) is 14.6 Å². The van der Waals surface area contributed by atoms with Crippen LogP contribution in [0.4, 0.5) is 16.2 Å². The van der Waals surface area contributed by atoms with Crippen LogP contribution in [0.2, 0.25) is 0 Å². The molecular weight excluding hydrogens is 430 g/mol. The standard InChI is InChI=1S/C27H25N3O4/c31-24-27(28-16-18-34-19-17-28,20-21-10-4-1-5-11-21)25(32)30(23-14-8-3-9-15-23)26(33)29(24)22-12-6-2-7-13-22/h1-15H,16-20H2. The molecule has 7 heteroatoms. The molecule has 0 saturated carbocycles. The molecule has 2 aliphatic heterocycles. The number of nitrogens with zero attached hydrogens (tertiary/aromatic N) is 3. The van der Waals surface area contributed by atoms with Crippen molar-refractivity contribution in [3.05, 3.63) is 96.6 Å². The molecule has 0 unspecified atom stereocenters. The highest BCUT2D eigenvalue weighted by Crippen LogP contribution is 2.36. The molecule has 3 aromatic carbocycles. The number of anilines is 2. The number of amides is 4. The van der Waals surface area contributed by atoms with Gasteiger partial charge in [0.1, 0.15) is 0 Å². The fraction of sp³-hybridized carbons (Fsp3) is 0.222. The van der Waals surface area contributed by atoms with Gasteiger partial charge in [-0.2, -0.15) is 0 Å². The highest BCUT2D eigenvalue weighted by Gasteiger charge is 2.61. The summed E-state index contributed by atoms with van der Waals surface area (Å²) in [6.45, 7) is 1.62. The Morgan fingerprint density at radius 2 is 1.09 bits per heavy atom. The van der Waals surface area contributed by atoms with E-state index in [1.54, 1.807) is 48.5 Å². The number of carbonyl (C=O) groups excluding carboxylic acids is 3. The summed E-state index contributed by atoms with van der Waals surface area (Å²) < 4.78 is 5.54. The average Bonchev–Trinajstić information content (AvgIpc) is 2.89. The Labute approximate surface area is 198 Å². The molecule has 34 heavy (non-hydrogen) atoms. The first-order valence-corrected chi connectivity index (χ1v) is 11.3. The maximum absolute atomic E-state index is 14.3. The lowest BCUT2D eigenvalue weighted by molar-refractivity contribution is -0.147. The first-order valence-electron chi connectivity index (χ1n) is 11.3. The number of benzene rings is 3. The van der Waals surface area contributed by atoms with E-state index < -0.39 is 23.4 Å². The fourth-order valence-corrected chi connectivity index (χ4v) is 4.71. The summed E-state index contributed by atoms with van der Waals surface area (Å²) in [5.41, 5.74) is 0.101. The van der Waals surface area contributed by atoms with Crippen molar-refractivity contribution in [2.24, 2.45) is 0 Å². The number of para-hydroxylation sites is 2. The van der Waals surface area contributed by atoms with Crippen LogP contribution in [-0.2, 0) is 20.7 Å². The number of hydrogen-bond donors (Lipinski definition) is 0. The highest BCUT2D eigenvalue weighted by atomic mass is 16.5. The quantitative estimate of drug-likeness (QED) is 0.551. The molecule has 0 spiro atoms. The fourth-order valence-electron chi connectivity index (χ4n) is 4.71. The Bertz CT molecular complexity index is 1120. The summed E-state index contributed by atoms with van der Waals surface area (Å²) in [6, 6.07) is 26.4. The number of ether oxygens (including phenoxy) is 1.